The molecule has 0 saturated carbocycles. The predicted octanol–water partition coefficient (Wildman–Crippen LogP) is 1.52. The minimum Gasteiger partial charge on any atom is -0.504 e. The van der Waals surface area contributed by atoms with Crippen molar-refractivity contribution in [2.24, 2.45) is 0 Å². The Labute approximate surface area is 134 Å². The number of carbonyl (C=O) groups is 1. The fourth-order valence-corrected chi connectivity index (χ4v) is 2.78. The molecule has 23 heavy (non-hydrogen) atoms. The lowest BCUT2D eigenvalue weighted by Crippen LogP contribution is -2.35. The third-order valence-electron chi connectivity index (χ3n) is 3.76. The molecule has 1 aliphatic rings. The molecule has 122 valence electrons. The molecule has 0 bridgehead atoms. The zero-order valence-corrected chi connectivity index (χ0v) is 13.4. The van der Waals surface area contributed by atoms with Gasteiger partial charge in [-0.15, -0.1) is 0 Å². The first-order valence-electron chi connectivity index (χ1n) is 7.53. The second kappa shape index (κ2) is 5.57. The van der Waals surface area contributed by atoms with Crippen molar-refractivity contribution in [2.75, 3.05) is 0 Å². The molecule has 1 aromatic carbocycles. The minimum absolute atomic E-state index is 0.0986. The Bertz CT molecular complexity index is 725. The van der Waals surface area contributed by atoms with E-state index in [-0.39, 0.29) is 28.9 Å². The number of nitrogens with one attached hydrogen (secondary N) is 1. The van der Waals surface area contributed by atoms with E-state index in [9.17, 15) is 9.90 Å². The number of hydrogen-bond donors (Lipinski definition) is 2. The van der Waals surface area contributed by atoms with Gasteiger partial charge in [0.25, 0.3) is 5.91 Å². The molecule has 2 N–H and O–H groups in total. The molecule has 3 rings (SSSR count). The van der Waals surface area contributed by atoms with E-state index < -0.39 is 0 Å². The monoisotopic (exact) mass is 316 g/mol. The van der Waals surface area contributed by atoms with Crippen LogP contribution in [0.15, 0.2) is 24.8 Å². The van der Waals surface area contributed by atoms with Crippen molar-refractivity contribution in [3.8, 4) is 11.5 Å². The highest BCUT2D eigenvalue weighted by Gasteiger charge is 2.33. The molecule has 1 amide bonds. The van der Waals surface area contributed by atoms with Crippen molar-refractivity contribution in [1.29, 1.82) is 0 Å². The summed E-state index contributed by atoms with van der Waals surface area (Å²) in [5.74, 6) is -0.0312. The number of phenolic OH excluding ortho intramolecular Hbond substituents is 1. The summed E-state index contributed by atoms with van der Waals surface area (Å²) in [7, 11) is 0. The molecule has 1 aliphatic heterocycles. The Morgan fingerprint density at radius 3 is 3.00 bits per heavy atom. The van der Waals surface area contributed by atoms with Gasteiger partial charge in [-0.2, -0.15) is 5.10 Å². The number of nitrogens with zero attached hydrogens (tertiary/aromatic N) is 3. The van der Waals surface area contributed by atoms with Gasteiger partial charge in [0, 0.05) is 18.0 Å². The normalized spacial score (nSPS) is 16.5. The molecule has 7 nitrogen and oxygen atoms in total. The Hall–Kier alpha value is -2.57. The lowest BCUT2D eigenvalue weighted by atomic mass is 10.00. The third kappa shape index (κ3) is 3.13. The van der Waals surface area contributed by atoms with Crippen molar-refractivity contribution in [1.82, 2.24) is 20.1 Å². The van der Waals surface area contributed by atoms with Crippen LogP contribution in [0.2, 0.25) is 0 Å². The van der Waals surface area contributed by atoms with Crippen molar-refractivity contribution in [3.05, 3.63) is 35.9 Å². The molecule has 0 radical (unpaired) electrons. The second-order valence-corrected chi connectivity index (χ2v) is 6.48. The molecule has 7 heteroatoms. The zero-order chi connectivity index (χ0) is 16.6. The summed E-state index contributed by atoms with van der Waals surface area (Å²) < 4.78 is 7.39. The van der Waals surface area contributed by atoms with E-state index in [2.05, 4.69) is 15.4 Å². The smallest absolute Gasteiger partial charge is 0.255 e. The number of rotatable bonds is 4. The largest absolute Gasteiger partial charge is 0.504 e. The van der Waals surface area contributed by atoms with Gasteiger partial charge in [0.1, 0.15) is 18.3 Å². The van der Waals surface area contributed by atoms with Crippen LogP contribution in [0.4, 0.5) is 0 Å². The van der Waals surface area contributed by atoms with Gasteiger partial charge in [-0.3, -0.25) is 9.48 Å². The van der Waals surface area contributed by atoms with Crippen molar-refractivity contribution in [3.63, 3.8) is 0 Å². The molecule has 1 aromatic heterocycles. The highest BCUT2D eigenvalue weighted by Crippen LogP contribution is 2.43. The van der Waals surface area contributed by atoms with Crippen LogP contribution < -0.4 is 10.1 Å². The number of aromatic nitrogens is 3. The number of ether oxygens (including phenoxy) is 1. The van der Waals surface area contributed by atoms with Crippen LogP contribution in [0.1, 0.15) is 36.7 Å². The van der Waals surface area contributed by atoms with Gasteiger partial charge < -0.3 is 15.2 Å². The maximum Gasteiger partial charge on any atom is 0.255 e. The Morgan fingerprint density at radius 2 is 2.30 bits per heavy atom. The van der Waals surface area contributed by atoms with Gasteiger partial charge in [-0.05, 0) is 26.8 Å². The number of phenols is 1. The van der Waals surface area contributed by atoms with E-state index in [1.165, 1.54) is 6.33 Å². The summed E-state index contributed by atoms with van der Waals surface area (Å²) >= 11 is 0. The molecule has 0 spiro atoms. The van der Waals surface area contributed by atoms with Gasteiger partial charge in [0.05, 0.1) is 12.1 Å². The second-order valence-electron chi connectivity index (χ2n) is 6.48. The van der Waals surface area contributed by atoms with Gasteiger partial charge >= 0.3 is 0 Å². The maximum atomic E-state index is 12.4. The topological polar surface area (TPSA) is 89.3 Å². The molecule has 0 unspecified atom stereocenters. The summed E-state index contributed by atoms with van der Waals surface area (Å²) in [6.45, 7) is 6.27. The molecular weight excluding hydrogens is 296 g/mol. The molecule has 2 aromatic rings. The Balaban J connectivity index is 1.73. The highest BCUT2D eigenvalue weighted by molar-refractivity contribution is 5.98. The van der Waals surface area contributed by atoms with Gasteiger partial charge in [0.15, 0.2) is 11.5 Å². The zero-order valence-electron chi connectivity index (χ0n) is 13.4. The number of fused-ring (bicyclic) bond motifs is 1. The first kappa shape index (κ1) is 15.3. The average molecular weight is 316 g/mol. The Kier molecular flexibility index (Phi) is 3.71. The van der Waals surface area contributed by atoms with Crippen molar-refractivity contribution < 1.29 is 14.6 Å². The lowest BCUT2D eigenvalue weighted by Gasteiger charge is -2.18. The van der Waals surface area contributed by atoms with Gasteiger partial charge in [0.2, 0.25) is 0 Å². The fourth-order valence-electron chi connectivity index (χ4n) is 2.78. The summed E-state index contributed by atoms with van der Waals surface area (Å²) in [6, 6.07) is 3.31. The lowest BCUT2D eigenvalue weighted by molar-refractivity contribution is 0.0930. The highest BCUT2D eigenvalue weighted by atomic mass is 16.5. The molecule has 0 fully saturated rings. The number of benzene rings is 1. The predicted molar refractivity (Wildman–Crippen MR) is 83.5 cm³/mol. The van der Waals surface area contributed by atoms with E-state index in [0.29, 0.717) is 18.7 Å². The minimum atomic E-state index is -0.366. The molecule has 0 aliphatic carbocycles. The molecule has 1 atom stereocenters. The van der Waals surface area contributed by atoms with Crippen LogP contribution in [-0.2, 0) is 13.0 Å². The molecule has 0 saturated heterocycles. The summed E-state index contributed by atoms with van der Waals surface area (Å²) in [5, 5.41) is 17.2. The number of carbonyl (C=O) groups excluding carboxylic acids is 1. The van der Waals surface area contributed by atoms with E-state index in [1.807, 2.05) is 26.8 Å². The van der Waals surface area contributed by atoms with Crippen LogP contribution in [0.5, 0.6) is 11.5 Å². The number of hydrogen-bond acceptors (Lipinski definition) is 5. The summed E-state index contributed by atoms with van der Waals surface area (Å²) in [5.41, 5.74) is 0.765. The SMILES string of the molecule is C[C@H](Cn1cncn1)NC(=O)c1ccc2c(c1O)OC(C)(C)C2. The van der Waals surface area contributed by atoms with E-state index in [4.69, 9.17) is 4.74 Å². The number of aromatic hydroxyl groups is 1. The average Bonchev–Trinajstić information content (AvgIpc) is 3.05. The van der Waals surface area contributed by atoms with Crippen LogP contribution in [0.25, 0.3) is 0 Å². The van der Waals surface area contributed by atoms with E-state index in [0.717, 1.165) is 5.56 Å². The summed E-state index contributed by atoms with van der Waals surface area (Å²) in [4.78, 5) is 16.3. The van der Waals surface area contributed by atoms with E-state index >= 15 is 0 Å². The standard InChI is InChI=1S/C16H20N4O3/c1-10(7-20-9-17-8-18-20)19-15(22)12-5-4-11-6-16(2,3)23-14(11)13(12)21/h4-5,8-10,21H,6-7H2,1-3H3,(H,19,22)/t10-/m1/s1. The number of amides is 1. The quantitative estimate of drug-likeness (QED) is 0.892. The van der Waals surface area contributed by atoms with E-state index in [1.54, 1.807) is 17.1 Å². The fraction of sp³-hybridized carbons (Fsp3) is 0.438. The Morgan fingerprint density at radius 1 is 1.52 bits per heavy atom. The summed E-state index contributed by atoms with van der Waals surface area (Å²) in [6.07, 6.45) is 3.74. The van der Waals surface area contributed by atoms with Gasteiger partial charge in [-0.1, -0.05) is 6.07 Å². The van der Waals surface area contributed by atoms with Crippen LogP contribution in [0.3, 0.4) is 0 Å². The molecular formula is C16H20N4O3. The first-order valence-corrected chi connectivity index (χ1v) is 7.53. The van der Waals surface area contributed by atoms with Crippen LogP contribution >= 0.6 is 0 Å². The van der Waals surface area contributed by atoms with Crippen molar-refractivity contribution in [2.45, 2.75) is 45.4 Å². The molecule has 2 heterocycles. The van der Waals surface area contributed by atoms with Crippen LogP contribution in [-0.4, -0.2) is 37.4 Å². The van der Waals surface area contributed by atoms with Crippen molar-refractivity contribution >= 4 is 5.91 Å². The van der Waals surface area contributed by atoms with Gasteiger partial charge in [-0.25, -0.2) is 4.98 Å². The first-order chi connectivity index (χ1) is 10.9. The third-order valence-corrected chi connectivity index (χ3v) is 3.76. The van der Waals surface area contributed by atoms with Crippen LogP contribution in [0, 0.1) is 0 Å². The maximum absolute atomic E-state index is 12.4.